The molecule has 29 heavy (non-hydrogen) atoms. The number of nitrogens with zero attached hydrogens (tertiary/aromatic N) is 4. The van der Waals surface area contributed by atoms with E-state index in [0.29, 0.717) is 54.8 Å². The molecule has 1 saturated heterocycles. The number of piperazine rings is 1. The van der Waals surface area contributed by atoms with Crippen LogP contribution in [0.15, 0.2) is 52.2 Å². The van der Waals surface area contributed by atoms with E-state index in [4.69, 9.17) is 16.0 Å². The van der Waals surface area contributed by atoms with Crippen molar-refractivity contribution in [3.05, 3.63) is 53.4 Å². The molecular weight excluding hydrogens is 396 g/mol. The molecule has 0 spiro atoms. The van der Waals surface area contributed by atoms with Gasteiger partial charge < -0.3 is 14.2 Å². The summed E-state index contributed by atoms with van der Waals surface area (Å²) in [6.45, 7) is 1.63. The zero-order valence-electron chi connectivity index (χ0n) is 15.6. The van der Waals surface area contributed by atoms with Gasteiger partial charge in [-0.3, -0.25) is 14.4 Å². The molecule has 0 saturated carbocycles. The van der Waals surface area contributed by atoms with E-state index in [9.17, 15) is 14.4 Å². The number of carbonyl (C=O) groups excluding carboxylic acids is 3. The van der Waals surface area contributed by atoms with Crippen LogP contribution in [0.2, 0.25) is 5.02 Å². The molecule has 8 nitrogen and oxygen atoms in total. The molecule has 0 N–H and O–H groups in total. The molecule has 0 bridgehead atoms. The van der Waals surface area contributed by atoms with Crippen LogP contribution >= 0.6 is 11.6 Å². The first kappa shape index (κ1) is 19.2. The molecule has 0 aliphatic carbocycles. The van der Waals surface area contributed by atoms with Crippen LogP contribution in [-0.4, -0.2) is 59.4 Å². The molecule has 0 atom stereocenters. The summed E-state index contributed by atoms with van der Waals surface area (Å²) in [5, 5.41) is 6.11. The van der Waals surface area contributed by atoms with Crippen LogP contribution in [-0.2, 0) is 9.59 Å². The monoisotopic (exact) mass is 414 g/mol. The maximum Gasteiger partial charge on any atom is 0.289 e. The molecule has 1 aromatic carbocycles. The third-order valence-corrected chi connectivity index (χ3v) is 5.19. The van der Waals surface area contributed by atoms with Gasteiger partial charge in [0, 0.05) is 44.0 Å². The summed E-state index contributed by atoms with van der Waals surface area (Å²) in [6, 6.07) is 10.0. The van der Waals surface area contributed by atoms with Crippen LogP contribution < -0.4 is 5.01 Å². The summed E-state index contributed by atoms with van der Waals surface area (Å²) in [6.07, 6.45) is 1.97. The van der Waals surface area contributed by atoms with E-state index < -0.39 is 0 Å². The third kappa shape index (κ3) is 4.02. The average molecular weight is 415 g/mol. The van der Waals surface area contributed by atoms with Gasteiger partial charge in [0.25, 0.3) is 11.8 Å². The first-order valence-corrected chi connectivity index (χ1v) is 9.69. The van der Waals surface area contributed by atoms with E-state index in [-0.39, 0.29) is 24.1 Å². The minimum Gasteiger partial charge on any atom is -0.459 e. The molecule has 9 heteroatoms. The molecule has 2 aliphatic rings. The van der Waals surface area contributed by atoms with Gasteiger partial charge in [0.15, 0.2) is 5.76 Å². The van der Waals surface area contributed by atoms with Gasteiger partial charge in [0.2, 0.25) is 5.91 Å². The van der Waals surface area contributed by atoms with Gasteiger partial charge in [-0.25, -0.2) is 5.01 Å². The van der Waals surface area contributed by atoms with E-state index >= 15 is 0 Å². The largest absolute Gasteiger partial charge is 0.459 e. The molecule has 2 aromatic rings. The number of amides is 3. The van der Waals surface area contributed by atoms with Crippen LogP contribution in [0.5, 0.6) is 0 Å². The number of halogens is 1. The summed E-state index contributed by atoms with van der Waals surface area (Å²) in [5.74, 6) is -0.269. The highest BCUT2D eigenvalue weighted by molar-refractivity contribution is 6.40. The fraction of sp³-hybridized carbons (Fsp3) is 0.300. The Morgan fingerprint density at radius 3 is 2.21 bits per heavy atom. The Morgan fingerprint density at radius 1 is 0.931 bits per heavy atom. The molecule has 4 rings (SSSR count). The quantitative estimate of drug-likeness (QED) is 0.771. The SMILES string of the molecule is O=C(C1=NN(c2ccc(Cl)cc2)C(=O)CC1)N1CCN(C(=O)c2ccco2)CC1. The summed E-state index contributed by atoms with van der Waals surface area (Å²) in [4.78, 5) is 40.9. The summed E-state index contributed by atoms with van der Waals surface area (Å²) in [7, 11) is 0. The Balaban J connectivity index is 1.43. The van der Waals surface area contributed by atoms with Crippen molar-refractivity contribution in [3.8, 4) is 0 Å². The van der Waals surface area contributed by atoms with Crippen molar-refractivity contribution in [2.75, 3.05) is 31.2 Å². The van der Waals surface area contributed by atoms with E-state index in [1.54, 1.807) is 46.2 Å². The van der Waals surface area contributed by atoms with Crippen LogP contribution in [0, 0.1) is 0 Å². The number of hydrogen-bond acceptors (Lipinski definition) is 5. The number of benzene rings is 1. The topological polar surface area (TPSA) is 86.4 Å². The Labute approximate surface area is 172 Å². The van der Waals surface area contributed by atoms with Crippen LogP contribution in [0.4, 0.5) is 5.69 Å². The molecule has 1 aromatic heterocycles. The molecular formula is C20H19ClN4O4. The molecule has 3 amide bonds. The van der Waals surface area contributed by atoms with Crippen molar-refractivity contribution in [1.29, 1.82) is 0 Å². The van der Waals surface area contributed by atoms with E-state index in [1.807, 2.05) is 0 Å². The molecule has 0 radical (unpaired) electrons. The maximum absolute atomic E-state index is 12.9. The van der Waals surface area contributed by atoms with Gasteiger partial charge in [0.05, 0.1) is 12.0 Å². The van der Waals surface area contributed by atoms with E-state index in [1.165, 1.54) is 11.3 Å². The first-order valence-electron chi connectivity index (χ1n) is 9.31. The molecule has 0 unspecified atom stereocenters. The lowest BCUT2D eigenvalue weighted by atomic mass is 10.1. The second kappa shape index (κ2) is 8.08. The lowest BCUT2D eigenvalue weighted by Crippen LogP contribution is -2.52. The minimum absolute atomic E-state index is 0.169. The van der Waals surface area contributed by atoms with Crippen molar-refractivity contribution in [3.63, 3.8) is 0 Å². The normalized spacial score (nSPS) is 17.3. The van der Waals surface area contributed by atoms with Crippen molar-refractivity contribution in [2.24, 2.45) is 5.10 Å². The van der Waals surface area contributed by atoms with Gasteiger partial charge in [-0.2, -0.15) is 5.10 Å². The van der Waals surface area contributed by atoms with Crippen molar-refractivity contribution in [1.82, 2.24) is 9.80 Å². The van der Waals surface area contributed by atoms with Gasteiger partial charge in [-0.15, -0.1) is 0 Å². The Morgan fingerprint density at radius 2 is 1.59 bits per heavy atom. The number of furan rings is 1. The van der Waals surface area contributed by atoms with E-state index in [2.05, 4.69) is 5.10 Å². The molecule has 2 aliphatic heterocycles. The van der Waals surface area contributed by atoms with Crippen molar-refractivity contribution >= 4 is 40.7 Å². The highest BCUT2D eigenvalue weighted by Gasteiger charge is 2.31. The van der Waals surface area contributed by atoms with Crippen molar-refractivity contribution in [2.45, 2.75) is 12.8 Å². The second-order valence-corrected chi connectivity index (χ2v) is 7.23. The Bertz CT molecular complexity index is 947. The lowest BCUT2D eigenvalue weighted by Gasteiger charge is -2.35. The second-order valence-electron chi connectivity index (χ2n) is 6.79. The third-order valence-electron chi connectivity index (χ3n) is 4.94. The standard InChI is InChI=1S/C20H19ClN4O4/c21-14-3-5-15(6-4-14)25-18(26)8-7-16(22-25)19(27)23-9-11-24(12-10-23)20(28)17-2-1-13-29-17/h1-6,13H,7-12H2. The molecule has 150 valence electrons. The predicted molar refractivity (Wildman–Crippen MR) is 107 cm³/mol. The highest BCUT2D eigenvalue weighted by Crippen LogP contribution is 2.23. The summed E-state index contributed by atoms with van der Waals surface area (Å²) in [5.41, 5.74) is 0.906. The van der Waals surface area contributed by atoms with Gasteiger partial charge in [-0.05, 0) is 36.4 Å². The predicted octanol–water partition coefficient (Wildman–Crippen LogP) is 2.40. The number of rotatable bonds is 3. The van der Waals surface area contributed by atoms with Crippen LogP contribution in [0.3, 0.4) is 0 Å². The lowest BCUT2D eigenvalue weighted by molar-refractivity contribution is -0.125. The fourth-order valence-electron chi connectivity index (χ4n) is 3.34. The Hall–Kier alpha value is -3.13. The maximum atomic E-state index is 12.9. The minimum atomic E-state index is -0.207. The van der Waals surface area contributed by atoms with E-state index in [0.717, 1.165) is 0 Å². The highest BCUT2D eigenvalue weighted by atomic mass is 35.5. The number of anilines is 1. The van der Waals surface area contributed by atoms with Gasteiger partial charge >= 0.3 is 0 Å². The Kier molecular flexibility index (Phi) is 5.35. The smallest absolute Gasteiger partial charge is 0.289 e. The van der Waals surface area contributed by atoms with Gasteiger partial charge in [0.1, 0.15) is 5.71 Å². The van der Waals surface area contributed by atoms with Gasteiger partial charge in [-0.1, -0.05) is 11.6 Å². The number of hydrazone groups is 1. The first-order chi connectivity index (χ1) is 14.0. The zero-order valence-corrected chi connectivity index (χ0v) is 16.3. The van der Waals surface area contributed by atoms with Crippen LogP contribution in [0.1, 0.15) is 23.4 Å². The molecule has 3 heterocycles. The van der Waals surface area contributed by atoms with Crippen molar-refractivity contribution < 1.29 is 18.8 Å². The average Bonchev–Trinajstić information content (AvgIpc) is 3.29. The number of hydrogen-bond donors (Lipinski definition) is 0. The fourth-order valence-corrected chi connectivity index (χ4v) is 3.47. The molecule has 1 fully saturated rings. The number of carbonyl (C=O) groups is 3. The zero-order chi connectivity index (χ0) is 20.4. The summed E-state index contributed by atoms with van der Waals surface area (Å²) >= 11 is 5.90. The summed E-state index contributed by atoms with van der Waals surface area (Å²) < 4.78 is 5.15. The van der Waals surface area contributed by atoms with Crippen LogP contribution in [0.25, 0.3) is 0 Å².